The van der Waals surface area contributed by atoms with Gasteiger partial charge >= 0.3 is 0 Å². The molecular weight excluding hydrogens is 550 g/mol. The number of carbonyl (C=O) groups excluding carboxylic acids is 2. The van der Waals surface area contributed by atoms with E-state index in [4.69, 9.17) is 23.1 Å². The van der Waals surface area contributed by atoms with Crippen LogP contribution in [-0.2, 0) is 0 Å². The summed E-state index contributed by atoms with van der Waals surface area (Å²) in [6.07, 6.45) is 13.1. The number of nitrogens with zero attached hydrogens (tertiary/aromatic N) is 3. The molecule has 220 valence electrons. The van der Waals surface area contributed by atoms with Gasteiger partial charge in [0.2, 0.25) is 0 Å². The highest BCUT2D eigenvalue weighted by Crippen LogP contribution is 2.27. The number of nitro benzene ring substituents is 2. The molecule has 0 aliphatic rings. The molecule has 0 aliphatic carbocycles. The topological polar surface area (TPSA) is 185 Å². The first kappa shape index (κ1) is 34.6. The second kappa shape index (κ2) is 17.3. The van der Waals surface area contributed by atoms with Gasteiger partial charge in [-0.2, -0.15) is 4.99 Å². The quantitative estimate of drug-likeness (QED) is 0.0664. The maximum Gasteiger partial charge on any atom is 0.280 e. The molecule has 0 fully saturated rings. The zero-order valence-electron chi connectivity index (χ0n) is 23.7. The Morgan fingerprint density at radius 3 is 1.61 bits per heavy atom. The number of allylic oxidation sites excluding steroid dienone is 2. The van der Waals surface area contributed by atoms with Gasteiger partial charge in [-0.15, -0.1) is 0 Å². The summed E-state index contributed by atoms with van der Waals surface area (Å²) < 4.78 is 0. The first-order chi connectivity index (χ1) is 19.3. The van der Waals surface area contributed by atoms with Crippen LogP contribution in [0.5, 0.6) is 0 Å². The Morgan fingerprint density at radius 2 is 1.24 bits per heavy atom. The van der Waals surface area contributed by atoms with Crippen LogP contribution in [0.1, 0.15) is 95.3 Å². The number of hydrogen-bond donors (Lipinski definition) is 2. The van der Waals surface area contributed by atoms with Crippen molar-refractivity contribution in [3.05, 3.63) is 90.0 Å². The number of nitro groups is 2. The molecule has 0 heterocycles. The van der Waals surface area contributed by atoms with Gasteiger partial charge in [0.15, 0.2) is 5.96 Å². The summed E-state index contributed by atoms with van der Waals surface area (Å²) in [5, 5.41) is 21.5. The van der Waals surface area contributed by atoms with E-state index >= 15 is 0 Å². The van der Waals surface area contributed by atoms with E-state index < -0.39 is 21.0 Å². The number of halogens is 1. The molecule has 2 aromatic carbocycles. The SMILES string of the molecule is CCCCC=Cc1cc(C)c(C(=O)Cl)cc1[N+](=O)[O-].CCCCC=Cc1cc(C)c(C(=O)N=C(N)N)cc1[N+](=O)[O-]. The summed E-state index contributed by atoms with van der Waals surface area (Å²) >= 11 is 5.40. The van der Waals surface area contributed by atoms with Gasteiger partial charge in [0.1, 0.15) is 0 Å². The molecule has 0 atom stereocenters. The number of benzene rings is 2. The zero-order chi connectivity index (χ0) is 31.1. The minimum absolute atomic E-state index is 0.0950. The standard InChI is InChI=1S/C15H20N4O3.C14H16ClNO3/c1-3-4-5-6-7-11-8-10(2)12(9-13(11)19(21)22)14(20)18-15(16)17;1-3-4-5-6-7-11-8-10(2)12(14(15)17)9-13(11)16(18)19/h6-9H,3-5H2,1-2H3,(H4,16,17,18,20);6-9H,3-5H2,1-2H3. The summed E-state index contributed by atoms with van der Waals surface area (Å²) in [5.41, 5.74) is 12.6. The van der Waals surface area contributed by atoms with Crippen molar-refractivity contribution in [1.29, 1.82) is 0 Å². The van der Waals surface area contributed by atoms with Crippen molar-refractivity contribution in [1.82, 2.24) is 0 Å². The van der Waals surface area contributed by atoms with Gasteiger partial charge in [0.05, 0.1) is 26.5 Å². The first-order valence-electron chi connectivity index (χ1n) is 13.1. The monoisotopic (exact) mass is 585 g/mol. The van der Waals surface area contributed by atoms with E-state index in [-0.39, 0.29) is 28.5 Å². The number of amides is 1. The summed E-state index contributed by atoms with van der Waals surface area (Å²) in [4.78, 5) is 47.7. The van der Waals surface area contributed by atoms with Gasteiger partial charge < -0.3 is 11.5 Å². The van der Waals surface area contributed by atoms with E-state index in [1.165, 1.54) is 12.1 Å². The number of unbranched alkanes of at least 4 members (excludes halogenated alkanes) is 4. The Balaban J connectivity index is 0.000000414. The lowest BCUT2D eigenvalue weighted by Gasteiger charge is -2.05. The van der Waals surface area contributed by atoms with E-state index in [1.54, 1.807) is 38.1 Å². The molecule has 41 heavy (non-hydrogen) atoms. The average molecular weight is 586 g/mol. The van der Waals surface area contributed by atoms with E-state index in [0.29, 0.717) is 22.3 Å². The normalized spacial score (nSPS) is 10.8. The van der Waals surface area contributed by atoms with Crippen LogP contribution in [0, 0.1) is 34.1 Å². The van der Waals surface area contributed by atoms with Gasteiger partial charge in [-0.25, -0.2) is 0 Å². The molecule has 12 heteroatoms. The molecule has 0 spiro atoms. The fourth-order valence-electron chi connectivity index (χ4n) is 3.71. The number of hydrogen-bond acceptors (Lipinski definition) is 6. The van der Waals surface area contributed by atoms with E-state index in [0.717, 1.165) is 38.5 Å². The number of aliphatic imine (C=N–C) groups is 1. The highest BCUT2D eigenvalue weighted by Gasteiger charge is 2.19. The molecule has 0 aliphatic heterocycles. The molecule has 0 radical (unpaired) electrons. The Bertz CT molecular complexity index is 1360. The number of guanidine groups is 1. The van der Waals surface area contributed by atoms with Gasteiger partial charge in [-0.1, -0.05) is 63.8 Å². The van der Waals surface area contributed by atoms with Crippen molar-refractivity contribution in [2.24, 2.45) is 16.5 Å². The Hall–Kier alpha value is -4.38. The lowest BCUT2D eigenvalue weighted by Crippen LogP contribution is -2.24. The van der Waals surface area contributed by atoms with Crippen LogP contribution in [-0.4, -0.2) is 27.0 Å². The summed E-state index contributed by atoms with van der Waals surface area (Å²) in [6, 6.07) is 5.67. The van der Waals surface area contributed by atoms with E-state index in [1.807, 2.05) is 12.2 Å². The second-order valence-electron chi connectivity index (χ2n) is 9.17. The number of nitrogens with two attached hydrogens (primary N) is 2. The van der Waals surface area contributed by atoms with E-state index in [9.17, 15) is 29.8 Å². The lowest BCUT2D eigenvalue weighted by molar-refractivity contribution is -0.385. The average Bonchev–Trinajstić information content (AvgIpc) is 2.88. The largest absolute Gasteiger partial charge is 0.370 e. The third kappa shape index (κ3) is 11.3. The lowest BCUT2D eigenvalue weighted by atomic mass is 10.0. The molecule has 0 unspecified atom stereocenters. The van der Waals surface area contributed by atoms with Crippen molar-refractivity contribution in [3.63, 3.8) is 0 Å². The minimum Gasteiger partial charge on any atom is -0.370 e. The number of rotatable bonds is 12. The summed E-state index contributed by atoms with van der Waals surface area (Å²) in [7, 11) is 0. The van der Waals surface area contributed by atoms with Gasteiger partial charge in [-0.3, -0.25) is 29.8 Å². The van der Waals surface area contributed by atoms with Gasteiger partial charge in [-0.05, 0) is 61.5 Å². The molecule has 0 saturated carbocycles. The molecule has 0 bridgehead atoms. The highest BCUT2D eigenvalue weighted by molar-refractivity contribution is 6.68. The van der Waals surface area contributed by atoms with Crippen molar-refractivity contribution in [3.8, 4) is 0 Å². The first-order valence-corrected chi connectivity index (χ1v) is 13.5. The van der Waals surface area contributed by atoms with Gasteiger partial charge in [0.25, 0.3) is 22.5 Å². The van der Waals surface area contributed by atoms with Crippen molar-refractivity contribution < 1.29 is 19.4 Å². The zero-order valence-corrected chi connectivity index (χ0v) is 24.4. The molecule has 11 nitrogen and oxygen atoms in total. The van der Waals surface area contributed by atoms with Crippen LogP contribution in [0.4, 0.5) is 11.4 Å². The van der Waals surface area contributed by atoms with Gasteiger partial charge in [0, 0.05) is 17.7 Å². The molecule has 4 N–H and O–H groups in total. The maximum atomic E-state index is 11.9. The molecule has 2 aromatic rings. The third-order valence-corrected chi connectivity index (χ3v) is 6.06. The highest BCUT2D eigenvalue weighted by atomic mass is 35.5. The predicted octanol–water partition coefficient (Wildman–Crippen LogP) is 7.01. The fraction of sp³-hybridized carbons (Fsp3) is 0.345. The Labute approximate surface area is 244 Å². The summed E-state index contributed by atoms with van der Waals surface area (Å²) in [5.74, 6) is -1.07. The Kier molecular flexibility index (Phi) is 14.7. The second-order valence-corrected chi connectivity index (χ2v) is 9.51. The molecular formula is C29H36ClN5O6. The molecule has 0 saturated heterocycles. The molecule has 0 aromatic heterocycles. The number of carbonyl (C=O) groups is 2. The van der Waals surface area contributed by atoms with Crippen LogP contribution in [0.25, 0.3) is 12.2 Å². The third-order valence-electron chi connectivity index (χ3n) is 5.86. The molecule has 1 amide bonds. The molecule has 2 rings (SSSR count). The van der Waals surface area contributed by atoms with Crippen molar-refractivity contribution >= 4 is 52.2 Å². The maximum absolute atomic E-state index is 11.9. The van der Waals surface area contributed by atoms with Crippen LogP contribution < -0.4 is 11.5 Å². The van der Waals surface area contributed by atoms with Crippen molar-refractivity contribution in [2.45, 2.75) is 66.2 Å². The van der Waals surface area contributed by atoms with E-state index in [2.05, 4.69) is 18.8 Å². The Morgan fingerprint density at radius 1 is 0.829 bits per heavy atom. The van der Waals surface area contributed by atoms with Crippen LogP contribution in [0.2, 0.25) is 0 Å². The predicted molar refractivity (Wildman–Crippen MR) is 163 cm³/mol. The fourth-order valence-corrected chi connectivity index (χ4v) is 3.91. The minimum atomic E-state index is -0.692. The smallest absolute Gasteiger partial charge is 0.280 e. The summed E-state index contributed by atoms with van der Waals surface area (Å²) in [6.45, 7) is 7.55. The van der Waals surface area contributed by atoms with Crippen LogP contribution in [0.3, 0.4) is 0 Å². The van der Waals surface area contributed by atoms with Crippen LogP contribution >= 0.6 is 11.6 Å². The number of aryl methyl sites for hydroxylation is 2. The van der Waals surface area contributed by atoms with Crippen LogP contribution in [0.15, 0.2) is 41.4 Å². The van der Waals surface area contributed by atoms with Crippen molar-refractivity contribution in [2.75, 3.05) is 0 Å².